The molecule has 0 aromatic carbocycles. The van der Waals surface area contributed by atoms with E-state index in [1.807, 2.05) is 4.90 Å². The first kappa shape index (κ1) is 16.9. The second-order valence-corrected chi connectivity index (χ2v) is 7.57. The number of amides is 1. The zero-order valence-electron chi connectivity index (χ0n) is 13.5. The first-order valence-corrected chi connectivity index (χ1v) is 9.19. The third-order valence-corrected chi connectivity index (χ3v) is 6.05. The SMILES string of the molecule is N#Cc1c(NC(=O)CN2CCC(C(=O)O)CC2)sc2c1CCCC2. The molecule has 0 unspecified atom stereocenters. The fourth-order valence-corrected chi connectivity index (χ4v) is 4.74. The molecule has 1 fully saturated rings. The molecule has 1 saturated heterocycles. The number of carbonyl (C=O) groups is 2. The van der Waals surface area contributed by atoms with Crippen LogP contribution in [0.4, 0.5) is 5.00 Å². The number of thiophene rings is 1. The van der Waals surface area contributed by atoms with Crippen LogP contribution in [0.25, 0.3) is 0 Å². The van der Waals surface area contributed by atoms with Gasteiger partial charge in [0.2, 0.25) is 5.91 Å². The van der Waals surface area contributed by atoms with Crippen molar-refractivity contribution in [1.82, 2.24) is 4.90 Å². The summed E-state index contributed by atoms with van der Waals surface area (Å²) in [6, 6.07) is 2.25. The van der Waals surface area contributed by atoms with E-state index in [0.717, 1.165) is 31.2 Å². The maximum Gasteiger partial charge on any atom is 0.306 e. The van der Waals surface area contributed by atoms with Gasteiger partial charge in [-0.1, -0.05) is 0 Å². The van der Waals surface area contributed by atoms with E-state index < -0.39 is 5.97 Å². The van der Waals surface area contributed by atoms with Crippen molar-refractivity contribution in [2.24, 2.45) is 5.92 Å². The quantitative estimate of drug-likeness (QED) is 0.871. The molecule has 7 heteroatoms. The Hall–Kier alpha value is -1.91. The summed E-state index contributed by atoms with van der Waals surface area (Å²) < 4.78 is 0. The van der Waals surface area contributed by atoms with Crippen molar-refractivity contribution in [3.63, 3.8) is 0 Å². The average Bonchev–Trinajstić information content (AvgIpc) is 2.92. The predicted molar refractivity (Wildman–Crippen MR) is 91.1 cm³/mol. The maximum atomic E-state index is 12.3. The normalized spacial score (nSPS) is 18.6. The molecule has 1 amide bonds. The zero-order valence-corrected chi connectivity index (χ0v) is 14.3. The number of rotatable bonds is 4. The van der Waals surface area contributed by atoms with E-state index in [1.54, 1.807) is 0 Å². The van der Waals surface area contributed by atoms with Crippen LogP contribution in [0.1, 0.15) is 41.7 Å². The lowest BCUT2D eigenvalue weighted by Crippen LogP contribution is -2.40. The van der Waals surface area contributed by atoms with E-state index in [-0.39, 0.29) is 18.4 Å². The minimum Gasteiger partial charge on any atom is -0.481 e. The van der Waals surface area contributed by atoms with Crippen molar-refractivity contribution in [3.8, 4) is 6.07 Å². The summed E-state index contributed by atoms with van der Waals surface area (Å²) in [5.41, 5.74) is 1.75. The number of piperidine rings is 1. The molecule has 2 N–H and O–H groups in total. The molecule has 2 aliphatic rings. The van der Waals surface area contributed by atoms with Crippen LogP contribution in [0.15, 0.2) is 0 Å². The second-order valence-electron chi connectivity index (χ2n) is 6.46. The topological polar surface area (TPSA) is 93.4 Å². The molecule has 24 heavy (non-hydrogen) atoms. The minimum absolute atomic E-state index is 0.126. The molecule has 1 aliphatic carbocycles. The summed E-state index contributed by atoms with van der Waals surface area (Å²) in [5, 5.41) is 22.0. The van der Waals surface area contributed by atoms with Gasteiger partial charge in [0.15, 0.2) is 0 Å². The molecule has 1 aromatic rings. The van der Waals surface area contributed by atoms with Gasteiger partial charge in [-0.2, -0.15) is 5.26 Å². The third-order valence-electron chi connectivity index (χ3n) is 4.84. The summed E-state index contributed by atoms with van der Waals surface area (Å²) in [5.74, 6) is -1.17. The largest absolute Gasteiger partial charge is 0.481 e. The molecule has 2 heterocycles. The Balaban J connectivity index is 1.59. The van der Waals surface area contributed by atoms with Crippen LogP contribution in [0.3, 0.4) is 0 Å². The van der Waals surface area contributed by atoms with Gasteiger partial charge >= 0.3 is 5.97 Å². The lowest BCUT2D eigenvalue weighted by molar-refractivity contribution is -0.143. The van der Waals surface area contributed by atoms with Gasteiger partial charge in [-0.25, -0.2) is 0 Å². The molecule has 0 bridgehead atoms. The van der Waals surface area contributed by atoms with Crippen LogP contribution in [0.5, 0.6) is 0 Å². The van der Waals surface area contributed by atoms with Crippen molar-refractivity contribution >= 4 is 28.2 Å². The highest BCUT2D eigenvalue weighted by molar-refractivity contribution is 7.16. The molecule has 1 aliphatic heterocycles. The van der Waals surface area contributed by atoms with Crippen molar-refractivity contribution in [2.75, 3.05) is 25.0 Å². The minimum atomic E-state index is -0.748. The number of likely N-dealkylation sites (tertiary alicyclic amines) is 1. The molecule has 1 aromatic heterocycles. The van der Waals surface area contributed by atoms with Gasteiger partial charge in [-0.05, 0) is 57.2 Å². The Morgan fingerprint density at radius 1 is 1.29 bits per heavy atom. The Kier molecular flexibility index (Phi) is 5.17. The fourth-order valence-electron chi connectivity index (χ4n) is 3.48. The molecule has 0 atom stereocenters. The standard InChI is InChI=1S/C17H21N3O3S/c18-9-13-12-3-1-2-4-14(12)24-16(13)19-15(21)10-20-7-5-11(6-8-20)17(22)23/h11H,1-8,10H2,(H,19,21)(H,22,23). The van der Waals surface area contributed by atoms with Crippen molar-refractivity contribution < 1.29 is 14.7 Å². The monoisotopic (exact) mass is 347 g/mol. The number of aliphatic carboxylic acids is 1. The Morgan fingerprint density at radius 2 is 2.00 bits per heavy atom. The fraction of sp³-hybridized carbons (Fsp3) is 0.588. The van der Waals surface area contributed by atoms with E-state index in [2.05, 4.69) is 11.4 Å². The molecular weight excluding hydrogens is 326 g/mol. The molecular formula is C17H21N3O3S. The summed E-state index contributed by atoms with van der Waals surface area (Å²) in [6.07, 6.45) is 5.33. The van der Waals surface area contributed by atoms with Crippen LogP contribution in [0, 0.1) is 17.2 Å². The van der Waals surface area contributed by atoms with Gasteiger partial charge in [-0.3, -0.25) is 14.5 Å². The van der Waals surface area contributed by atoms with Crippen LogP contribution in [-0.4, -0.2) is 41.5 Å². The Morgan fingerprint density at radius 3 is 2.67 bits per heavy atom. The average molecular weight is 347 g/mol. The number of hydrogen-bond acceptors (Lipinski definition) is 5. The summed E-state index contributed by atoms with van der Waals surface area (Å²) in [4.78, 5) is 26.5. The number of carboxylic acid groups (broad SMARTS) is 1. The Labute approximate surface area is 145 Å². The van der Waals surface area contributed by atoms with Gasteiger partial charge < -0.3 is 10.4 Å². The van der Waals surface area contributed by atoms with Gasteiger partial charge in [0.1, 0.15) is 11.1 Å². The highest BCUT2D eigenvalue weighted by atomic mass is 32.1. The summed E-state index contributed by atoms with van der Waals surface area (Å²) >= 11 is 1.53. The van der Waals surface area contributed by atoms with Gasteiger partial charge in [-0.15, -0.1) is 11.3 Å². The molecule has 0 spiro atoms. The highest BCUT2D eigenvalue weighted by Gasteiger charge is 2.26. The van der Waals surface area contributed by atoms with Gasteiger partial charge in [0.25, 0.3) is 0 Å². The molecule has 0 radical (unpaired) electrons. The van der Waals surface area contributed by atoms with Crippen molar-refractivity contribution in [3.05, 3.63) is 16.0 Å². The summed E-state index contributed by atoms with van der Waals surface area (Å²) in [6.45, 7) is 1.49. The first-order valence-electron chi connectivity index (χ1n) is 8.38. The predicted octanol–water partition coefficient (Wildman–Crippen LogP) is 2.23. The molecule has 128 valence electrons. The molecule has 3 rings (SSSR count). The summed E-state index contributed by atoms with van der Waals surface area (Å²) in [7, 11) is 0. The van der Waals surface area contributed by atoms with Crippen molar-refractivity contribution in [2.45, 2.75) is 38.5 Å². The lowest BCUT2D eigenvalue weighted by atomic mass is 9.96. The number of nitriles is 1. The number of carbonyl (C=O) groups excluding carboxylic acids is 1. The Bertz CT molecular complexity index is 684. The van der Waals surface area contributed by atoms with E-state index in [9.17, 15) is 14.9 Å². The van der Waals surface area contributed by atoms with E-state index in [4.69, 9.17) is 5.11 Å². The van der Waals surface area contributed by atoms with E-state index in [0.29, 0.717) is 36.5 Å². The number of carboxylic acids is 1. The van der Waals surface area contributed by atoms with Crippen LogP contribution in [0.2, 0.25) is 0 Å². The van der Waals surface area contributed by atoms with Crippen LogP contribution >= 0.6 is 11.3 Å². The second kappa shape index (κ2) is 7.32. The highest BCUT2D eigenvalue weighted by Crippen LogP contribution is 2.37. The first-order chi connectivity index (χ1) is 11.6. The number of hydrogen-bond donors (Lipinski definition) is 2. The maximum absolute atomic E-state index is 12.3. The van der Waals surface area contributed by atoms with Crippen molar-refractivity contribution in [1.29, 1.82) is 5.26 Å². The number of anilines is 1. The third kappa shape index (κ3) is 3.60. The van der Waals surface area contributed by atoms with E-state index in [1.165, 1.54) is 16.2 Å². The van der Waals surface area contributed by atoms with Crippen LogP contribution in [-0.2, 0) is 22.4 Å². The number of nitrogens with zero attached hydrogens (tertiary/aromatic N) is 2. The smallest absolute Gasteiger partial charge is 0.306 e. The van der Waals surface area contributed by atoms with Gasteiger partial charge in [0.05, 0.1) is 18.0 Å². The zero-order chi connectivity index (χ0) is 17.1. The van der Waals surface area contributed by atoms with Crippen LogP contribution < -0.4 is 5.32 Å². The molecule has 0 saturated carbocycles. The number of aryl methyl sites for hydroxylation is 1. The van der Waals surface area contributed by atoms with Gasteiger partial charge in [0, 0.05) is 4.88 Å². The number of nitrogens with one attached hydrogen (secondary N) is 1. The lowest BCUT2D eigenvalue weighted by Gasteiger charge is -2.29. The molecule has 6 nitrogen and oxygen atoms in total. The number of fused-ring (bicyclic) bond motifs is 1. The van der Waals surface area contributed by atoms with E-state index >= 15 is 0 Å².